The highest BCUT2D eigenvalue weighted by atomic mass is 35.5. The third-order valence-corrected chi connectivity index (χ3v) is 6.18. The molecule has 2 N–H and O–H groups in total. The minimum Gasteiger partial charge on any atom is -0.389 e. The van der Waals surface area contributed by atoms with Crippen LogP contribution in [0.25, 0.3) is 0 Å². The average Bonchev–Trinajstić information content (AvgIpc) is 2.34. The molecule has 0 aliphatic carbocycles. The molecule has 0 heterocycles. The van der Waals surface area contributed by atoms with Crippen molar-refractivity contribution in [1.82, 2.24) is 4.31 Å². The van der Waals surface area contributed by atoms with Gasteiger partial charge in [-0.05, 0) is 12.1 Å². The second-order valence-electron chi connectivity index (χ2n) is 4.47. The molecule has 1 rings (SSSR count). The molecule has 0 saturated heterocycles. The Morgan fingerprint density at radius 1 is 1.33 bits per heavy atom. The Morgan fingerprint density at radius 2 is 1.90 bits per heavy atom. The fourth-order valence-corrected chi connectivity index (χ4v) is 3.98. The Balaban J connectivity index is 3.10. The summed E-state index contributed by atoms with van der Waals surface area (Å²) in [4.78, 5) is -0.0218. The third kappa shape index (κ3) is 4.89. The van der Waals surface area contributed by atoms with Gasteiger partial charge in [-0.3, -0.25) is 0 Å². The van der Waals surface area contributed by atoms with E-state index in [4.69, 9.17) is 29.6 Å². The summed E-state index contributed by atoms with van der Waals surface area (Å²) in [5, 5.41) is -0.0218. The van der Waals surface area contributed by atoms with Gasteiger partial charge in [0.05, 0.1) is 10.8 Å². The van der Waals surface area contributed by atoms with Crippen LogP contribution in [0.4, 0.5) is 0 Å². The van der Waals surface area contributed by atoms with E-state index in [2.05, 4.69) is 0 Å². The minimum atomic E-state index is -3.88. The van der Waals surface area contributed by atoms with Gasteiger partial charge in [-0.15, -0.1) is 0 Å². The summed E-state index contributed by atoms with van der Waals surface area (Å²) in [5.41, 5.74) is 5.89. The van der Waals surface area contributed by atoms with Crippen molar-refractivity contribution in [3.8, 4) is 0 Å². The molecule has 0 atom stereocenters. The highest BCUT2D eigenvalue weighted by molar-refractivity contribution is 7.91. The average molecular weight is 371 g/mol. The lowest BCUT2D eigenvalue weighted by Crippen LogP contribution is -2.31. The van der Waals surface area contributed by atoms with Gasteiger partial charge in [0.2, 0.25) is 10.0 Å². The number of benzene rings is 1. The van der Waals surface area contributed by atoms with Crippen LogP contribution in [0.2, 0.25) is 5.02 Å². The predicted octanol–water partition coefficient (Wildman–Crippen LogP) is 0.639. The van der Waals surface area contributed by atoms with Crippen molar-refractivity contribution >= 4 is 48.7 Å². The topological polar surface area (TPSA) is 97.5 Å². The molecule has 0 fully saturated rings. The van der Waals surface area contributed by atoms with Crippen LogP contribution in [-0.4, -0.2) is 51.7 Å². The number of hydrogen-bond donors (Lipinski definition) is 1. The fourth-order valence-electron chi connectivity index (χ4n) is 1.45. The fraction of sp³-hybridized carbons (Fsp3) is 0.364. The van der Waals surface area contributed by atoms with E-state index in [1.807, 2.05) is 0 Å². The zero-order valence-corrected chi connectivity index (χ0v) is 14.6. The number of hydrogen-bond acceptors (Lipinski definition) is 5. The molecule has 0 unspecified atom stereocenters. The van der Waals surface area contributed by atoms with E-state index in [-0.39, 0.29) is 27.2 Å². The Kier molecular flexibility index (Phi) is 5.73. The van der Waals surface area contributed by atoms with Crippen LogP contribution in [0.1, 0.15) is 5.56 Å². The van der Waals surface area contributed by atoms with Crippen LogP contribution in [0.3, 0.4) is 0 Å². The smallest absolute Gasteiger partial charge is 0.244 e. The quantitative estimate of drug-likeness (QED) is 0.738. The molecule has 6 nitrogen and oxygen atoms in total. The molecular formula is C11H15ClN2O4S3. The molecule has 0 bridgehead atoms. The summed E-state index contributed by atoms with van der Waals surface area (Å²) in [6.45, 7) is -0.158. The Morgan fingerprint density at radius 3 is 2.33 bits per heavy atom. The molecule has 0 aromatic heterocycles. The van der Waals surface area contributed by atoms with Crippen molar-refractivity contribution in [2.45, 2.75) is 4.90 Å². The first-order valence-corrected chi connectivity index (χ1v) is 9.97. The van der Waals surface area contributed by atoms with Gasteiger partial charge < -0.3 is 5.73 Å². The predicted molar refractivity (Wildman–Crippen MR) is 86.9 cm³/mol. The first-order valence-electron chi connectivity index (χ1n) is 5.68. The van der Waals surface area contributed by atoms with Gasteiger partial charge in [-0.2, -0.15) is 4.31 Å². The molecule has 21 heavy (non-hydrogen) atoms. The highest BCUT2D eigenvalue weighted by Gasteiger charge is 2.24. The van der Waals surface area contributed by atoms with Crippen LogP contribution < -0.4 is 5.73 Å². The number of sulfonamides is 1. The van der Waals surface area contributed by atoms with Crippen LogP contribution in [0.15, 0.2) is 23.1 Å². The monoisotopic (exact) mass is 370 g/mol. The van der Waals surface area contributed by atoms with Crippen LogP contribution in [-0.2, 0) is 19.9 Å². The molecule has 0 amide bonds. The highest BCUT2D eigenvalue weighted by Crippen LogP contribution is 2.25. The zero-order chi connectivity index (χ0) is 16.4. The molecule has 0 aliphatic rings. The summed E-state index contributed by atoms with van der Waals surface area (Å²) in [5.74, 6) is -0.273. The first-order chi connectivity index (χ1) is 9.45. The molecule has 10 heteroatoms. The van der Waals surface area contributed by atoms with Gasteiger partial charge in [-0.25, -0.2) is 16.8 Å². The van der Waals surface area contributed by atoms with E-state index in [0.717, 1.165) is 10.6 Å². The van der Waals surface area contributed by atoms with Crippen molar-refractivity contribution in [1.29, 1.82) is 0 Å². The summed E-state index contributed by atoms with van der Waals surface area (Å²) >= 11 is 10.7. The lowest BCUT2D eigenvalue weighted by Gasteiger charge is -2.17. The summed E-state index contributed by atoms with van der Waals surface area (Å²) in [6, 6.07) is 4.11. The second kappa shape index (κ2) is 6.57. The molecule has 1 aromatic carbocycles. The van der Waals surface area contributed by atoms with Gasteiger partial charge in [-0.1, -0.05) is 29.9 Å². The third-order valence-electron chi connectivity index (χ3n) is 2.68. The lowest BCUT2D eigenvalue weighted by atomic mass is 10.2. The number of nitrogens with two attached hydrogens (primary N) is 1. The van der Waals surface area contributed by atoms with E-state index in [1.165, 1.54) is 25.2 Å². The molecule has 0 radical (unpaired) electrons. The van der Waals surface area contributed by atoms with E-state index < -0.39 is 19.9 Å². The van der Waals surface area contributed by atoms with Crippen molar-refractivity contribution in [3.63, 3.8) is 0 Å². The molecule has 118 valence electrons. The van der Waals surface area contributed by atoms with Crippen LogP contribution in [0.5, 0.6) is 0 Å². The molecular weight excluding hydrogens is 356 g/mol. The van der Waals surface area contributed by atoms with Gasteiger partial charge in [0.25, 0.3) is 0 Å². The van der Waals surface area contributed by atoms with E-state index >= 15 is 0 Å². The lowest BCUT2D eigenvalue weighted by molar-refractivity contribution is 0.485. The SMILES string of the molecule is CN(CCS(C)(=O)=O)S(=O)(=O)c1ccc(C(N)=S)cc1Cl. The standard InChI is InChI=1S/C11H15ClN2O4S3/c1-14(5-6-20(2,15)16)21(17,18)10-4-3-8(11(13)19)7-9(10)12/h3-4,7H,5-6H2,1-2H3,(H2,13,19). The normalized spacial score (nSPS) is 12.6. The van der Waals surface area contributed by atoms with Crippen molar-refractivity contribution in [2.75, 3.05) is 25.6 Å². The number of sulfone groups is 1. The Labute approximate surface area is 134 Å². The number of halogens is 1. The van der Waals surface area contributed by atoms with Crippen molar-refractivity contribution in [2.24, 2.45) is 5.73 Å². The number of rotatable bonds is 6. The Hall–Kier alpha value is -0.740. The number of nitrogens with zero attached hydrogens (tertiary/aromatic N) is 1. The van der Waals surface area contributed by atoms with E-state index in [1.54, 1.807) is 0 Å². The van der Waals surface area contributed by atoms with Gasteiger partial charge in [0.15, 0.2) is 0 Å². The van der Waals surface area contributed by atoms with Gasteiger partial charge >= 0.3 is 0 Å². The van der Waals surface area contributed by atoms with Crippen LogP contribution in [0, 0.1) is 0 Å². The van der Waals surface area contributed by atoms with Crippen molar-refractivity contribution in [3.05, 3.63) is 28.8 Å². The maximum atomic E-state index is 12.3. The first kappa shape index (κ1) is 18.3. The van der Waals surface area contributed by atoms with Gasteiger partial charge in [0.1, 0.15) is 19.7 Å². The summed E-state index contributed by atoms with van der Waals surface area (Å²) in [7, 11) is -5.85. The van der Waals surface area contributed by atoms with E-state index in [9.17, 15) is 16.8 Å². The molecule has 0 saturated carbocycles. The minimum absolute atomic E-state index is 0.0218. The number of thiocarbonyl (C=S) groups is 1. The van der Waals surface area contributed by atoms with Gasteiger partial charge in [0, 0.05) is 25.4 Å². The van der Waals surface area contributed by atoms with E-state index in [0.29, 0.717) is 5.56 Å². The summed E-state index contributed by atoms with van der Waals surface area (Å²) in [6.07, 6.45) is 1.04. The van der Waals surface area contributed by atoms with Crippen molar-refractivity contribution < 1.29 is 16.8 Å². The summed E-state index contributed by atoms with van der Waals surface area (Å²) < 4.78 is 47.8. The van der Waals surface area contributed by atoms with Crippen LogP contribution >= 0.6 is 23.8 Å². The zero-order valence-electron chi connectivity index (χ0n) is 11.4. The molecule has 0 spiro atoms. The Bertz CT molecular complexity index is 760. The second-order valence-corrected chi connectivity index (χ2v) is 9.59. The molecule has 0 aliphatic heterocycles. The maximum Gasteiger partial charge on any atom is 0.244 e. The molecule has 1 aromatic rings. The largest absolute Gasteiger partial charge is 0.389 e. The maximum absolute atomic E-state index is 12.3.